The Morgan fingerprint density at radius 1 is 1.00 bits per heavy atom. The van der Waals surface area contributed by atoms with E-state index in [9.17, 15) is 0 Å². The molecule has 2 aromatic heterocycles. The molecule has 1 aliphatic carbocycles. The summed E-state index contributed by atoms with van der Waals surface area (Å²) in [6.07, 6.45) is 6.88. The SMILES string of the molecule is COc1ccc(Cl)cc1-n1c(C)cc([C@@H]2[C@H](c3ccccn3)NC(=S)N2c2ccc(OC3CCCC3)cc2)c1C. The second kappa shape index (κ2) is 11.1. The van der Waals surface area contributed by atoms with Crippen LogP contribution in [0.15, 0.2) is 72.9 Å². The lowest BCUT2D eigenvalue weighted by atomic mass is 9.96. The number of benzene rings is 2. The van der Waals surface area contributed by atoms with Crippen molar-refractivity contribution in [2.75, 3.05) is 12.0 Å². The Kier molecular flexibility index (Phi) is 7.43. The van der Waals surface area contributed by atoms with Crippen LogP contribution in [-0.2, 0) is 0 Å². The minimum atomic E-state index is -0.140. The van der Waals surface area contributed by atoms with E-state index in [0.717, 1.165) is 58.4 Å². The number of aryl methyl sites for hydroxylation is 1. The molecule has 0 amide bonds. The van der Waals surface area contributed by atoms with E-state index in [-0.39, 0.29) is 12.1 Å². The van der Waals surface area contributed by atoms with Gasteiger partial charge in [-0.2, -0.15) is 0 Å². The van der Waals surface area contributed by atoms with E-state index in [4.69, 9.17) is 38.3 Å². The van der Waals surface area contributed by atoms with Crippen LogP contribution in [0.4, 0.5) is 5.69 Å². The molecule has 6 nitrogen and oxygen atoms in total. The quantitative estimate of drug-likeness (QED) is 0.230. The fourth-order valence-electron chi connectivity index (χ4n) is 6.13. The lowest BCUT2D eigenvalue weighted by Crippen LogP contribution is -2.29. The van der Waals surface area contributed by atoms with Crippen LogP contribution in [0.5, 0.6) is 11.5 Å². The van der Waals surface area contributed by atoms with Gasteiger partial charge < -0.3 is 24.3 Å². The Morgan fingerprint density at radius 3 is 2.48 bits per heavy atom. The van der Waals surface area contributed by atoms with Gasteiger partial charge in [0.15, 0.2) is 5.11 Å². The van der Waals surface area contributed by atoms with Crippen LogP contribution in [0.2, 0.25) is 5.02 Å². The zero-order valence-electron chi connectivity index (χ0n) is 22.9. The third-order valence-electron chi connectivity index (χ3n) is 7.99. The molecule has 1 aliphatic heterocycles. The Balaban J connectivity index is 1.43. The molecule has 1 saturated carbocycles. The zero-order valence-corrected chi connectivity index (χ0v) is 24.5. The highest BCUT2D eigenvalue weighted by atomic mass is 35.5. The minimum Gasteiger partial charge on any atom is -0.495 e. The molecule has 2 fully saturated rings. The maximum absolute atomic E-state index is 6.43. The first-order valence-corrected chi connectivity index (χ1v) is 14.5. The van der Waals surface area contributed by atoms with E-state index in [2.05, 4.69) is 65.0 Å². The van der Waals surface area contributed by atoms with Gasteiger partial charge in [0, 0.05) is 28.3 Å². The topological polar surface area (TPSA) is 51.5 Å². The summed E-state index contributed by atoms with van der Waals surface area (Å²) in [6.45, 7) is 4.24. The standard InChI is InChI=1S/C32H33ClN4O2S/c1-20-18-26(21(2)36(20)28-19-22(33)11-16-29(28)38-3)31-30(27-10-6-7-17-34-27)35-32(40)37(31)23-12-14-25(15-13-23)39-24-8-4-5-9-24/h6-7,10-19,24,30-31H,4-5,8-9H2,1-3H3,(H,35,40)/t30-,31+/m0/s1. The van der Waals surface area contributed by atoms with E-state index in [1.54, 1.807) is 7.11 Å². The lowest BCUT2D eigenvalue weighted by molar-refractivity contribution is 0.210. The number of ether oxygens (including phenoxy) is 2. The number of halogens is 1. The second-order valence-electron chi connectivity index (χ2n) is 10.5. The number of anilines is 1. The molecule has 0 bridgehead atoms. The Morgan fingerprint density at radius 2 is 1.77 bits per heavy atom. The molecule has 2 aliphatic rings. The van der Waals surface area contributed by atoms with Crippen molar-refractivity contribution in [2.45, 2.75) is 57.7 Å². The Labute approximate surface area is 245 Å². The molecule has 6 rings (SSSR count). The summed E-state index contributed by atoms with van der Waals surface area (Å²) in [5, 5.41) is 4.89. The molecule has 206 valence electrons. The van der Waals surface area contributed by atoms with Crippen LogP contribution >= 0.6 is 23.8 Å². The first kappa shape index (κ1) is 26.7. The van der Waals surface area contributed by atoms with Crippen molar-refractivity contribution in [2.24, 2.45) is 0 Å². The van der Waals surface area contributed by atoms with Gasteiger partial charge in [-0.25, -0.2) is 0 Å². The first-order valence-electron chi connectivity index (χ1n) is 13.7. The predicted molar refractivity (Wildman–Crippen MR) is 164 cm³/mol. The molecule has 0 spiro atoms. The summed E-state index contributed by atoms with van der Waals surface area (Å²) in [6, 6.07) is 22.0. The molecular weight excluding hydrogens is 540 g/mol. The Hall–Kier alpha value is -3.55. The number of hydrogen-bond donors (Lipinski definition) is 1. The van der Waals surface area contributed by atoms with Gasteiger partial charge in [-0.1, -0.05) is 17.7 Å². The van der Waals surface area contributed by atoms with Crippen molar-refractivity contribution >= 4 is 34.6 Å². The highest BCUT2D eigenvalue weighted by Gasteiger charge is 2.42. The molecule has 40 heavy (non-hydrogen) atoms. The highest BCUT2D eigenvalue weighted by molar-refractivity contribution is 7.80. The van der Waals surface area contributed by atoms with Crippen molar-refractivity contribution in [1.82, 2.24) is 14.9 Å². The van der Waals surface area contributed by atoms with Crippen LogP contribution in [0.25, 0.3) is 5.69 Å². The second-order valence-corrected chi connectivity index (χ2v) is 11.3. The molecular formula is C32H33ClN4O2S. The first-order chi connectivity index (χ1) is 19.4. The van der Waals surface area contributed by atoms with Gasteiger partial charge in [0.1, 0.15) is 11.5 Å². The van der Waals surface area contributed by atoms with Gasteiger partial charge >= 0.3 is 0 Å². The normalized spacial score (nSPS) is 19.2. The van der Waals surface area contributed by atoms with Crippen molar-refractivity contribution in [3.05, 3.63) is 101 Å². The van der Waals surface area contributed by atoms with Crippen molar-refractivity contribution in [3.63, 3.8) is 0 Å². The van der Waals surface area contributed by atoms with Crippen molar-refractivity contribution in [1.29, 1.82) is 0 Å². The van der Waals surface area contributed by atoms with E-state index >= 15 is 0 Å². The highest BCUT2D eigenvalue weighted by Crippen LogP contribution is 2.44. The number of methoxy groups -OCH3 is 1. The molecule has 0 unspecified atom stereocenters. The third kappa shape index (κ3) is 4.93. The molecule has 2 aromatic carbocycles. The molecule has 3 heterocycles. The zero-order chi connectivity index (χ0) is 27.8. The van der Waals surface area contributed by atoms with Gasteiger partial charge in [-0.05, 0) is 118 Å². The molecule has 0 radical (unpaired) electrons. The number of rotatable bonds is 7. The molecule has 4 aromatic rings. The maximum Gasteiger partial charge on any atom is 0.174 e. The monoisotopic (exact) mass is 572 g/mol. The number of nitrogens with one attached hydrogen (secondary N) is 1. The number of aromatic nitrogens is 2. The molecule has 1 saturated heterocycles. The van der Waals surface area contributed by atoms with Crippen LogP contribution in [0.1, 0.15) is 60.4 Å². The van der Waals surface area contributed by atoms with E-state index in [1.165, 1.54) is 12.8 Å². The third-order valence-corrected chi connectivity index (χ3v) is 8.54. The molecule has 8 heteroatoms. The number of nitrogens with zero attached hydrogens (tertiary/aromatic N) is 3. The van der Waals surface area contributed by atoms with Gasteiger partial charge in [0.25, 0.3) is 0 Å². The fourth-order valence-corrected chi connectivity index (χ4v) is 6.64. The number of pyridine rings is 1. The minimum absolute atomic E-state index is 0.130. The maximum atomic E-state index is 6.43. The average molecular weight is 573 g/mol. The molecule has 2 atom stereocenters. The molecule has 1 N–H and O–H groups in total. The largest absolute Gasteiger partial charge is 0.495 e. The summed E-state index contributed by atoms with van der Waals surface area (Å²) >= 11 is 12.4. The van der Waals surface area contributed by atoms with E-state index in [0.29, 0.717) is 16.2 Å². The summed E-state index contributed by atoms with van der Waals surface area (Å²) in [4.78, 5) is 6.92. The van der Waals surface area contributed by atoms with Gasteiger partial charge in [-0.3, -0.25) is 4.98 Å². The van der Waals surface area contributed by atoms with Crippen LogP contribution in [0, 0.1) is 13.8 Å². The van der Waals surface area contributed by atoms with Crippen LogP contribution in [0.3, 0.4) is 0 Å². The van der Waals surface area contributed by atoms with Crippen molar-refractivity contribution in [3.8, 4) is 17.2 Å². The summed E-state index contributed by atoms with van der Waals surface area (Å²) in [5.41, 5.74) is 6.15. The smallest absolute Gasteiger partial charge is 0.174 e. The van der Waals surface area contributed by atoms with Crippen LogP contribution in [-0.4, -0.2) is 27.9 Å². The van der Waals surface area contributed by atoms with Crippen LogP contribution < -0.4 is 19.7 Å². The number of hydrogen-bond acceptors (Lipinski definition) is 4. The Bertz CT molecular complexity index is 1520. The lowest BCUT2D eigenvalue weighted by Gasteiger charge is -2.28. The van der Waals surface area contributed by atoms with E-state index < -0.39 is 0 Å². The average Bonchev–Trinajstić information content (AvgIpc) is 3.67. The van der Waals surface area contributed by atoms with Gasteiger partial charge in [0.2, 0.25) is 0 Å². The predicted octanol–water partition coefficient (Wildman–Crippen LogP) is 7.65. The van der Waals surface area contributed by atoms with Gasteiger partial charge in [-0.15, -0.1) is 0 Å². The number of thiocarbonyl (C=S) groups is 1. The van der Waals surface area contributed by atoms with Gasteiger partial charge in [0.05, 0.1) is 36.7 Å². The van der Waals surface area contributed by atoms with E-state index in [1.807, 2.05) is 36.5 Å². The summed E-state index contributed by atoms with van der Waals surface area (Å²) < 4.78 is 14.2. The fraction of sp³-hybridized carbons (Fsp3) is 0.312. The van der Waals surface area contributed by atoms with Crippen molar-refractivity contribution < 1.29 is 9.47 Å². The summed E-state index contributed by atoms with van der Waals surface area (Å²) in [7, 11) is 1.68. The summed E-state index contributed by atoms with van der Waals surface area (Å²) in [5.74, 6) is 1.66.